The van der Waals surface area contributed by atoms with Crippen LogP contribution in [0.3, 0.4) is 0 Å². The van der Waals surface area contributed by atoms with Gasteiger partial charge in [0.15, 0.2) is 0 Å². The molecule has 4 nitrogen and oxygen atoms in total. The molecular weight excluding hydrogens is 266 g/mol. The van der Waals surface area contributed by atoms with E-state index in [4.69, 9.17) is 4.74 Å². The molecule has 0 atom stereocenters. The van der Waals surface area contributed by atoms with Crippen LogP contribution in [0.2, 0.25) is 0 Å². The van der Waals surface area contributed by atoms with E-state index in [0.717, 1.165) is 31.2 Å². The predicted octanol–water partition coefficient (Wildman–Crippen LogP) is 2.82. The fraction of sp³-hybridized carbons (Fsp3) is 0.647. The monoisotopic (exact) mass is 293 g/mol. The number of benzene rings is 1. The smallest absolute Gasteiger partial charge is 0.123 e. The molecule has 4 heteroatoms. The molecule has 0 spiro atoms. The van der Waals surface area contributed by atoms with Crippen molar-refractivity contribution in [3.8, 4) is 11.5 Å². The lowest BCUT2D eigenvalue weighted by molar-refractivity contribution is -0.0245. The Morgan fingerprint density at radius 2 is 1.86 bits per heavy atom. The van der Waals surface area contributed by atoms with Crippen molar-refractivity contribution in [2.24, 2.45) is 5.41 Å². The number of hydrogen-bond donors (Lipinski definition) is 3. The molecule has 1 aromatic rings. The zero-order valence-corrected chi connectivity index (χ0v) is 13.3. The molecule has 0 heterocycles. The van der Waals surface area contributed by atoms with Gasteiger partial charge < -0.3 is 20.3 Å². The Morgan fingerprint density at radius 3 is 2.43 bits per heavy atom. The zero-order chi connectivity index (χ0) is 15.5. The third-order valence-corrected chi connectivity index (χ3v) is 4.60. The summed E-state index contributed by atoms with van der Waals surface area (Å²) < 4.78 is 5.06. The first-order valence-corrected chi connectivity index (χ1v) is 7.63. The summed E-state index contributed by atoms with van der Waals surface area (Å²) in [6.45, 7) is 5.63. The van der Waals surface area contributed by atoms with Crippen LogP contribution in [0.25, 0.3) is 0 Å². The fourth-order valence-electron chi connectivity index (χ4n) is 2.82. The van der Waals surface area contributed by atoms with Crippen LogP contribution < -0.4 is 10.1 Å². The lowest BCUT2D eigenvalue weighted by atomic mass is 9.71. The average molecular weight is 293 g/mol. The number of ether oxygens (including phenoxy) is 1. The van der Waals surface area contributed by atoms with Crippen LogP contribution in [0.4, 0.5) is 0 Å². The summed E-state index contributed by atoms with van der Waals surface area (Å²) in [6.07, 6.45) is 3.78. The maximum absolute atomic E-state index is 10.6. The van der Waals surface area contributed by atoms with Crippen molar-refractivity contribution in [1.29, 1.82) is 0 Å². The van der Waals surface area contributed by atoms with E-state index in [1.54, 1.807) is 13.2 Å². The van der Waals surface area contributed by atoms with Gasteiger partial charge in [0.2, 0.25) is 0 Å². The molecular formula is C17H27NO3. The molecule has 1 fully saturated rings. The Morgan fingerprint density at radius 1 is 1.19 bits per heavy atom. The molecule has 3 N–H and O–H groups in total. The molecule has 2 rings (SSSR count). The van der Waals surface area contributed by atoms with E-state index < -0.39 is 5.60 Å². The summed E-state index contributed by atoms with van der Waals surface area (Å²) in [4.78, 5) is 0. The average Bonchev–Trinajstić information content (AvgIpc) is 2.44. The van der Waals surface area contributed by atoms with Gasteiger partial charge in [0, 0.05) is 24.7 Å². The molecule has 0 unspecified atom stereocenters. The normalized spacial score (nSPS) is 20.2. The summed E-state index contributed by atoms with van der Waals surface area (Å²) in [6, 6.07) is 5.28. The van der Waals surface area contributed by atoms with Crippen molar-refractivity contribution in [3.05, 3.63) is 23.8 Å². The Kier molecular flexibility index (Phi) is 4.79. The van der Waals surface area contributed by atoms with E-state index in [-0.39, 0.29) is 5.75 Å². The highest BCUT2D eigenvalue weighted by atomic mass is 16.5. The Hall–Kier alpha value is -1.26. The van der Waals surface area contributed by atoms with E-state index >= 15 is 0 Å². The van der Waals surface area contributed by atoms with Crippen LogP contribution in [-0.2, 0) is 6.54 Å². The minimum absolute atomic E-state index is 0.221. The first-order valence-electron chi connectivity index (χ1n) is 7.63. The molecule has 1 saturated carbocycles. The molecule has 1 aliphatic carbocycles. The highest BCUT2D eigenvalue weighted by Gasteiger charge is 2.36. The highest BCUT2D eigenvalue weighted by Crippen LogP contribution is 2.39. The van der Waals surface area contributed by atoms with Gasteiger partial charge in [0.25, 0.3) is 0 Å². The molecule has 1 aromatic carbocycles. The quantitative estimate of drug-likeness (QED) is 0.781. The summed E-state index contributed by atoms with van der Waals surface area (Å²) in [7, 11) is 1.58. The van der Waals surface area contributed by atoms with Crippen LogP contribution in [0.1, 0.15) is 45.1 Å². The molecule has 0 aromatic heterocycles. The third kappa shape index (κ3) is 4.35. The Bertz CT molecular complexity index is 475. The largest absolute Gasteiger partial charge is 0.507 e. The number of methoxy groups -OCH3 is 1. The predicted molar refractivity (Wildman–Crippen MR) is 83.6 cm³/mol. The van der Waals surface area contributed by atoms with Crippen LogP contribution in [0.5, 0.6) is 11.5 Å². The van der Waals surface area contributed by atoms with Crippen molar-refractivity contribution in [2.45, 2.75) is 51.7 Å². The van der Waals surface area contributed by atoms with Gasteiger partial charge >= 0.3 is 0 Å². The van der Waals surface area contributed by atoms with Crippen molar-refractivity contribution >= 4 is 0 Å². The number of hydrogen-bond acceptors (Lipinski definition) is 4. The summed E-state index contributed by atoms with van der Waals surface area (Å²) in [5.74, 6) is 0.864. The van der Waals surface area contributed by atoms with Gasteiger partial charge in [0.1, 0.15) is 11.5 Å². The number of aliphatic hydroxyl groups is 1. The van der Waals surface area contributed by atoms with E-state index in [1.807, 2.05) is 12.1 Å². The number of phenols is 1. The summed E-state index contributed by atoms with van der Waals surface area (Å²) >= 11 is 0. The highest BCUT2D eigenvalue weighted by molar-refractivity contribution is 5.39. The minimum atomic E-state index is -0.613. The van der Waals surface area contributed by atoms with E-state index in [0.29, 0.717) is 24.3 Å². The second kappa shape index (κ2) is 6.24. The van der Waals surface area contributed by atoms with Gasteiger partial charge in [-0.2, -0.15) is 0 Å². The summed E-state index contributed by atoms with van der Waals surface area (Å²) in [5, 5.41) is 23.8. The van der Waals surface area contributed by atoms with Crippen molar-refractivity contribution in [2.75, 3.05) is 13.7 Å². The first-order chi connectivity index (χ1) is 9.84. The van der Waals surface area contributed by atoms with Gasteiger partial charge in [-0.05, 0) is 37.2 Å². The first kappa shape index (κ1) is 16.1. The van der Waals surface area contributed by atoms with E-state index in [2.05, 4.69) is 19.2 Å². The summed E-state index contributed by atoms with van der Waals surface area (Å²) in [5.41, 5.74) is 0.550. The van der Waals surface area contributed by atoms with E-state index in [1.165, 1.54) is 0 Å². The van der Waals surface area contributed by atoms with Gasteiger partial charge in [0.05, 0.1) is 12.7 Å². The molecule has 0 radical (unpaired) electrons. The number of nitrogens with one attached hydrogen (secondary N) is 1. The van der Waals surface area contributed by atoms with Crippen molar-refractivity contribution < 1.29 is 14.9 Å². The minimum Gasteiger partial charge on any atom is -0.507 e. The number of aromatic hydroxyl groups is 1. The van der Waals surface area contributed by atoms with Gasteiger partial charge in [-0.1, -0.05) is 19.9 Å². The molecule has 0 saturated heterocycles. The standard InChI is InChI=1S/C17H27NO3/c1-16(2)6-8-17(20,9-7-16)12-18-11-13-4-5-14(21-3)10-15(13)19/h4-5,10,18-20H,6-9,11-12H2,1-3H3. The maximum Gasteiger partial charge on any atom is 0.123 e. The third-order valence-electron chi connectivity index (χ3n) is 4.60. The second-order valence-electron chi connectivity index (χ2n) is 6.99. The Labute approximate surface area is 127 Å². The number of rotatable bonds is 5. The Balaban J connectivity index is 1.84. The van der Waals surface area contributed by atoms with Gasteiger partial charge in [-0.15, -0.1) is 0 Å². The van der Waals surface area contributed by atoms with E-state index in [9.17, 15) is 10.2 Å². The van der Waals surface area contributed by atoms with Gasteiger partial charge in [-0.3, -0.25) is 0 Å². The molecule has 1 aliphatic rings. The van der Waals surface area contributed by atoms with Crippen LogP contribution in [0.15, 0.2) is 18.2 Å². The fourth-order valence-corrected chi connectivity index (χ4v) is 2.82. The van der Waals surface area contributed by atoms with Crippen molar-refractivity contribution in [3.63, 3.8) is 0 Å². The molecule has 118 valence electrons. The zero-order valence-electron chi connectivity index (χ0n) is 13.3. The maximum atomic E-state index is 10.6. The molecule has 0 amide bonds. The van der Waals surface area contributed by atoms with Crippen LogP contribution >= 0.6 is 0 Å². The lowest BCUT2D eigenvalue weighted by Crippen LogP contribution is -2.44. The molecule has 0 aliphatic heterocycles. The van der Waals surface area contributed by atoms with Crippen LogP contribution in [0, 0.1) is 5.41 Å². The second-order valence-corrected chi connectivity index (χ2v) is 6.99. The topological polar surface area (TPSA) is 61.7 Å². The SMILES string of the molecule is COc1ccc(CNCC2(O)CCC(C)(C)CC2)c(O)c1. The van der Waals surface area contributed by atoms with Gasteiger partial charge in [-0.25, -0.2) is 0 Å². The molecule has 21 heavy (non-hydrogen) atoms. The van der Waals surface area contributed by atoms with Crippen molar-refractivity contribution in [1.82, 2.24) is 5.32 Å². The molecule has 0 bridgehead atoms. The number of phenolic OH excluding ortho intramolecular Hbond substituents is 1. The lowest BCUT2D eigenvalue weighted by Gasteiger charge is -2.40. The van der Waals surface area contributed by atoms with Crippen LogP contribution in [-0.4, -0.2) is 29.5 Å².